The normalized spacial score (nSPS) is 12.1. The fourth-order valence-electron chi connectivity index (χ4n) is 7.05. The van der Waals surface area contributed by atoms with Gasteiger partial charge in [-0.25, -0.2) is 31.3 Å². The first-order chi connectivity index (χ1) is 32.0. The number of nitrogens with one attached hydrogen (secondary N) is 2. The van der Waals surface area contributed by atoms with Crippen molar-refractivity contribution in [2.45, 2.75) is 62.3 Å². The van der Waals surface area contributed by atoms with E-state index in [1.165, 1.54) is 46.8 Å². The fraction of sp³-hybridized carbons (Fsp3) is 0.283. The lowest BCUT2D eigenvalue weighted by Gasteiger charge is -2.26. The Morgan fingerprint density at radius 2 is 1.34 bits per heavy atom. The molecule has 0 aliphatic rings. The molecule has 67 heavy (non-hydrogen) atoms. The summed E-state index contributed by atoms with van der Waals surface area (Å²) < 4.78 is 87.5. The lowest BCUT2D eigenvalue weighted by Crippen LogP contribution is -2.38. The molecule has 0 atom stereocenters. The van der Waals surface area contributed by atoms with Gasteiger partial charge >= 0.3 is 6.09 Å². The van der Waals surface area contributed by atoms with Gasteiger partial charge in [-0.3, -0.25) is 0 Å². The number of ether oxygens (including phenoxy) is 4. The third-order valence-electron chi connectivity index (χ3n) is 10.2. The third kappa shape index (κ3) is 11.6. The number of aromatic nitrogens is 5. The maximum atomic E-state index is 16.0. The van der Waals surface area contributed by atoms with Gasteiger partial charge in [0.2, 0.25) is 25.9 Å². The number of nitrogens with zero attached hydrogens (tertiary/aromatic N) is 6. The lowest BCUT2D eigenvalue weighted by atomic mass is 9.98. The molecule has 7 rings (SSSR count). The average Bonchev–Trinajstić information content (AvgIpc) is 3.97. The number of fused-ring (bicyclic) bond motifs is 1. The molecule has 5 aromatic carbocycles. The first kappa shape index (κ1) is 48.4. The van der Waals surface area contributed by atoms with Gasteiger partial charge in [-0.1, -0.05) is 54.6 Å². The molecule has 21 heteroatoms. The van der Waals surface area contributed by atoms with E-state index in [1.807, 2.05) is 18.2 Å². The van der Waals surface area contributed by atoms with Crippen LogP contribution in [0, 0.1) is 0 Å². The topological polar surface area (TPSA) is 232 Å². The molecular formula is C46H51N9O9S3. The Kier molecular flexibility index (Phi) is 14.9. The smallest absolute Gasteiger partial charge is 0.407 e. The maximum Gasteiger partial charge on any atom is 0.407 e. The molecule has 0 saturated heterocycles. The number of methoxy groups -OCH3 is 3. The number of benzene rings is 5. The number of tetrazole rings is 1. The fourth-order valence-corrected chi connectivity index (χ4v) is 11.4. The molecule has 0 spiro atoms. The zero-order chi connectivity index (χ0) is 47.9. The van der Waals surface area contributed by atoms with Crippen LogP contribution >= 0.6 is 11.3 Å². The van der Waals surface area contributed by atoms with Crippen LogP contribution in [0.3, 0.4) is 0 Å². The summed E-state index contributed by atoms with van der Waals surface area (Å²) >= 11 is 1.38. The first-order valence-electron chi connectivity index (χ1n) is 20.9. The van der Waals surface area contributed by atoms with Gasteiger partial charge < -0.3 is 30.0 Å². The molecule has 0 bridgehead atoms. The number of para-hydroxylation sites is 1. The SMILES string of the molecule is COc1ccc(CN(Cc2ccc(OC)cc2)S(=O)(=O)c2c(S(=O)(=O)NCCNC(=O)OC(C)(C)C)ccc(-c3cccc4sc(CN)nc34)c2-c2nnn(Cc3ccc(OC)cc3)n2)cc1. The second-order valence-corrected chi connectivity index (χ2v) is 20.8. The van der Waals surface area contributed by atoms with E-state index in [1.54, 1.807) is 101 Å². The van der Waals surface area contributed by atoms with E-state index in [-0.39, 0.29) is 56.2 Å². The second kappa shape index (κ2) is 20.6. The number of rotatable bonds is 19. The van der Waals surface area contributed by atoms with Crippen molar-refractivity contribution in [3.63, 3.8) is 0 Å². The molecule has 2 aromatic heterocycles. The third-order valence-corrected chi connectivity index (χ3v) is 14.8. The highest BCUT2D eigenvalue weighted by atomic mass is 32.2. The van der Waals surface area contributed by atoms with E-state index in [4.69, 9.17) is 34.8 Å². The minimum atomic E-state index is -4.93. The van der Waals surface area contributed by atoms with Crippen LogP contribution in [0.1, 0.15) is 42.5 Å². The number of thiazole rings is 1. The summed E-state index contributed by atoms with van der Waals surface area (Å²) in [7, 11) is -5.05. The van der Waals surface area contributed by atoms with Crippen molar-refractivity contribution < 1.29 is 40.6 Å². The summed E-state index contributed by atoms with van der Waals surface area (Å²) in [6.45, 7) is 4.47. The van der Waals surface area contributed by atoms with Crippen LogP contribution < -0.4 is 30.0 Å². The average molecular weight is 970 g/mol. The largest absolute Gasteiger partial charge is 0.497 e. The second-order valence-electron chi connectivity index (χ2n) is 16.1. The summed E-state index contributed by atoms with van der Waals surface area (Å²) in [5.74, 6) is 1.58. The molecule has 1 amide bonds. The van der Waals surface area contributed by atoms with Crippen LogP contribution in [-0.4, -0.2) is 92.4 Å². The number of hydrogen-bond acceptors (Lipinski definition) is 15. The molecule has 18 nitrogen and oxygen atoms in total. The zero-order valence-corrected chi connectivity index (χ0v) is 40.2. The molecule has 2 heterocycles. The van der Waals surface area contributed by atoms with Crippen LogP contribution in [-0.2, 0) is 51.0 Å². The highest BCUT2D eigenvalue weighted by molar-refractivity contribution is 7.92. The Hall–Kier alpha value is -6.49. The molecule has 0 unspecified atom stereocenters. The molecule has 0 radical (unpaired) electrons. The van der Waals surface area contributed by atoms with E-state index >= 15 is 8.42 Å². The number of carbonyl (C=O) groups is 1. The summed E-state index contributed by atoms with van der Waals surface area (Å²) in [5, 5.41) is 16.7. The van der Waals surface area contributed by atoms with Gasteiger partial charge in [-0.15, -0.1) is 21.5 Å². The molecule has 4 N–H and O–H groups in total. The summed E-state index contributed by atoms with van der Waals surface area (Å²) in [6.07, 6.45) is -0.757. The number of amides is 1. The van der Waals surface area contributed by atoms with E-state index in [0.717, 1.165) is 10.3 Å². The zero-order valence-electron chi connectivity index (χ0n) is 37.7. The summed E-state index contributed by atoms with van der Waals surface area (Å²) in [4.78, 5) is 17.4. The van der Waals surface area contributed by atoms with Crippen LogP contribution in [0.15, 0.2) is 113 Å². The van der Waals surface area contributed by atoms with Gasteiger partial charge in [-0.05, 0) is 96.8 Å². The van der Waals surface area contributed by atoms with Crippen LogP contribution in [0.4, 0.5) is 4.79 Å². The number of hydrogen-bond donors (Lipinski definition) is 3. The number of alkyl carbamates (subject to hydrolysis) is 1. The predicted molar refractivity (Wildman–Crippen MR) is 254 cm³/mol. The lowest BCUT2D eigenvalue weighted by molar-refractivity contribution is 0.0528. The summed E-state index contributed by atoms with van der Waals surface area (Å²) in [6, 6.07) is 29.2. The quantitative estimate of drug-likeness (QED) is 0.0751. The Balaban J connectivity index is 1.46. The number of carbonyl (C=O) groups excluding carboxylic acids is 1. The van der Waals surface area contributed by atoms with Gasteiger partial charge in [0.1, 0.15) is 37.6 Å². The van der Waals surface area contributed by atoms with Crippen molar-refractivity contribution in [3.8, 4) is 39.8 Å². The van der Waals surface area contributed by atoms with Gasteiger partial charge in [0, 0.05) is 38.3 Å². The van der Waals surface area contributed by atoms with Crippen molar-refractivity contribution in [2.24, 2.45) is 5.73 Å². The first-order valence-corrected chi connectivity index (χ1v) is 24.7. The van der Waals surface area contributed by atoms with Crippen molar-refractivity contribution in [1.29, 1.82) is 0 Å². The Bertz CT molecular complexity index is 3020. The number of sulfonamides is 2. The highest BCUT2D eigenvalue weighted by Gasteiger charge is 2.38. The van der Waals surface area contributed by atoms with Gasteiger partial charge in [0.15, 0.2) is 0 Å². The van der Waals surface area contributed by atoms with Crippen molar-refractivity contribution >= 4 is 47.7 Å². The minimum absolute atomic E-state index is 0.126. The molecule has 0 aliphatic carbocycles. The standard InChI is InChI=1S/C46H51N9O9S3/c1-46(2,3)64-45(56)48-24-25-49-66(57,58)39-23-22-36(37-8-7-9-38-42(37)50-40(26-47)65-38)41(44-51-53-55(52-44)29-32-14-20-35(63-6)21-15-32)43(39)67(59,60)54(27-30-10-16-33(61-4)17-11-30)28-31-12-18-34(62-5)19-13-31/h7-23,49H,24-29,47H2,1-6H3,(H,48,56). The minimum Gasteiger partial charge on any atom is -0.497 e. The predicted octanol–water partition coefficient (Wildman–Crippen LogP) is 6.34. The van der Waals surface area contributed by atoms with Crippen molar-refractivity contribution in [1.82, 2.24) is 39.5 Å². The van der Waals surface area contributed by atoms with E-state index in [9.17, 15) is 13.2 Å². The molecule has 0 saturated carbocycles. The monoisotopic (exact) mass is 969 g/mol. The maximum absolute atomic E-state index is 16.0. The van der Waals surface area contributed by atoms with Crippen LogP contribution in [0.5, 0.6) is 17.2 Å². The highest BCUT2D eigenvalue weighted by Crippen LogP contribution is 2.43. The van der Waals surface area contributed by atoms with Crippen molar-refractivity contribution in [3.05, 3.63) is 125 Å². The molecule has 0 aliphatic heterocycles. The van der Waals surface area contributed by atoms with Gasteiger partial charge in [0.05, 0.1) is 43.7 Å². The number of nitrogens with two attached hydrogens (primary N) is 1. The van der Waals surface area contributed by atoms with Crippen molar-refractivity contribution in [2.75, 3.05) is 34.4 Å². The van der Waals surface area contributed by atoms with Gasteiger partial charge in [0.25, 0.3) is 0 Å². The van der Waals surface area contributed by atoms with E-state index in [0.29, 0.717) is 44.5 Å². The Labute approximate surface area is 393 Å². The Morgan fingerprint density at radius 3 is 1.90 bits per heavy atom. The van der Waals surface area contributed by atoms with Crippen LogP contribution in [0.2, 0.25) is 0 Å². The summed E-state index contributed by atoms with van der Waals surface area (Å²) in [5.41, 5.74) is 8.30. The molecule has 7 aromatic rings. The molecule has 352 valence electrons. The van der Waals surface area contributed by atoms with Crippen LogP contribution in [0.25, 0.3) is 32.7 Å². The molecular weight excluding hydrogens is 919 g/mol. The van der Waals surface area contributed by atoms with E-state index < -0.39 is 41.5 Å². The van der Waals surface area contributed by atoms with Gasteiger partial charge in [-0.2, -0.15) is 9.10 Å². The Morgan fingerprint density at radius 1 is 0.761 bits per heavy atom. The van der Waals surface area contributed by atoms with E-state index in [2.05, 4.69) is 20.4 Å². The molecule has 0 fully saturated rings.